The average molecular weight is 171 g/mol. The van der Waals surface area contributed by atoms with Gasteiger partial charge < -0.3 is 4.74 Å². The summed E-state index contributed by atoms with van der Waals surface area (Å²) in [7, 11) is 0. The molecular weight excluding hydrogens is 154 g/mol. The Kier molecular flexibility index (Phi) is 3.69. The molecule has 1 aliphatic heterocycles. The number of ether oxygens (including phenoxy) is 1. The Morgan fingerprint density at radius 3 is 2.92 bits per heavy atom. The smallest absolute Gasteiger partial charge is 0.148 e. The van der Waals surface area contributed by atoms with Crippen LogP contribution in [-0.2, 0) is 9.53 Å². The maximum absolute atomic E-state index is 10.9. The first kappa shape index (κ1) is 9.68. The maximum Gasteiger partial charge on any atom is 0.148 e. The minimum Gasteiger partial charge on any atom is -0.377 e. The van der Waals surface area contributed by atoms with Crippen LogP contribution in [0.5, 0.6) is 0 Å². The van der Waals surface area contributed by atoms with Crippen molar-refractivity contribution in [2.45, 2.75) is 26.4 Å². The number of nitrogens with zero attached hydrogens (tertiary/aromatic N) is 1. The van der Waals surface area contributed by atoms with Crippen molar-refractivity contribution in [3.05, 3.63) is 0 Å². The average Bonchev–Trinajstić information content (AvgIpc) is 2.36. The summed E-state index contributed by atoms with van der Waals surface area (Å²) in [5, 5.41) is 0. The van der Waals surface area contributed by atoms with Crippen LogP contribution in [0.3, 0.4) is 0 Å². The van der Waals surface area contributed by atoms with Crippen molar-refractivity contribution in [3.8, 4) is 0 Å². The summed E-state index contributed by atoms with van der Waals surface area (Å²) in [6.07, 6.45) is 0.972. The van der Waals surface area contributed by atoms with Crippen molar-refractivity contribution in [3.63, 3.8) is 0 Å². The van der Waals surface area contributed by atoms with E-state index >= 15 is 0 Å². The molecule has 12 heavy (non-hydrogen) atoms. The summed E-state index contributed by atoms with van der Waals surface area (Å²) < 4.78 is 5.39. The molecular formula is C9H17NO2. The van der Waals surface area contributed by atoms with Gasteiger partial charge in [-0.1, -0.05) is 0 Å². The Labute approximate surface area is 73.7 Å². The molecule has 1 saturated heterocycles. The van der Waals surface area contributed by atoms with Crippen LogP contribution in [0, 0.1) is 0 Å². The van der Waals surface area contributed by atoms with Crippen LogP contribution in [0.2, 0.25) is 0 Å². The Hall–Kier alpha value is -0.410. The third kappa shape index (κ3) is 2.91. The molecule has 0 saturated carbocycles. The number of Topliss-reactive ketones (excluding diaryl/α,β-unsaturated/α-hetero) is 1. The van der Waals surface area contributed by atoms with Crippen LogP contribution in [0.25, 0.3) is 0 Å². The third-order valence-electron chi connectivity index (χ3n) is 2.07. The molecule has 70 valence electrons. The van der Waals surface area contributed by atoms with E-state index in [9.17, 15) is 4.79 Å². The lowest BCUT2D eigenvalue weighted by Gasteiger charge is -2.18. The van der Waals surface area contributed by atoms with Crippen LogP contribution in [0.1, 0.15) is 20.3 Å². The molecule has 0 radical (unpaired) electrons. The molecule has 0 N–H and O–H groups in total. The second-order valence-electron chi connectivity index (χ2n) is 3.29. The lowest BCUT2D eigenvalue weighted by Crippen LogP contribution is -2.30. The van der Waals surface area contributed by atoms with E-state index in [1.54, 1.807) is 0 Å². The molecule has 0 aromatic rings. The van der Waals surface area contributed by atoms with E-state index in [4.69, 9.17) is 4.74 Å². The van der Waals surface area contributed by atoms with Gasteiger partial charge in [0.1, 0.15) is 5.78 Å². The Morgan fingerprint density at radius 1 is 1.67 bits per heavy atom. The van der Waals surface area contributed by atoms with Gasteiger partial charge in [0, 0.05) is 26.1 Å². The molecule has 1 rings (SSSR count). The fraction of sp³-hybridized carbons (Fsp3) is 0.889. The maximum atomic E-state index is 10.9. The zero-order valence-electron chi connectivity index (χ0n) is 7.88. The normalized spacial score (nSPS) is 21.7. The minimum absolute atomic E-state index is 0.251. The van der Waals surface area contributed by atoms with Gasteiger partial charge in [0.25, 0.3) is 0 Å². The highest BCUT2D eigenvalue weighted by Crippen LogP contribution is 2.05. The zero-order valence-corrected chi connectivity index (χ0v) is 7.88. The van der Waals surface area contributed by atoms with Crippen molar-refractivity contribution in [1.82, 2.24) is 4.90 Å². The minimum atomic E-state index is 0.251. The molecule has 1 unspecified atom stereocenters. The van der Waals surface area contributed by atoms with E-state index in [2.05, 4.69) is 4.90 Å². The number of hydrogen-bond acceptors (Lipinski definition) is 3. The fourth-order valence-electron chi connectivity index (χ4n) is 1.55. The van der Waals surface area contributed by atoms with Crippen LogP contribution in [0.4, 0.5) is 0 Å². The monoisotopic (exact) mass is 171 g/mol. The van der Waals surface area contributed by atoms with Gasteiger partial charge >= 0.3 is 0 Å². The van der Waals surface area contributed by atoms with E-state index in [1.807, 2.05) is 13.8 Å². The quantitative estimate of drug-likeness (QED) is 0.623. The van der Waals surface area contributed by atoms with Crippen molar-refractivity contribution in [1.29, 1.82) is 0 Å². The summed E-state index contributed by atoms with van der Waals surface area (Å²) in [5.41, 5.74) is 0. The van der Waals surface area contributed by atoms with Crippen molar-refractivity contribution >= 4 is 5.78 Å². The van der Waals surface area contributed by atoms with E-state index in [0.29, 0.717) is 12.3 Å². The van der Waals surface area contributed by atoms with Crippen LogP contribution in [-0.4, -0.2) is 43.0 Å². The standard InChI is InChI=1S/C9H17NO2/c1-3-12-8(2)6-10-5-4-9(11)7-10/h8H,3-7H2,1-2H3. The summed E-state index contributed by atoms with van der Waals surface area (Å²) in [4.78, 5) is 13.1. The second-order valence-corrected chi connectivity index (χ2v) is 3.29. The summed E-state index contributed by atoms with van der Waals surface area (Å²) in [6, 6.07) is 0. The van der Waals surface area contributed by atoms with E-state index in [-0.39, 0.29) is 6.10 Å². The topological polar surface area (TPSA) is 29.5 Å². The van der Waals surface area contributed by atoms with Crippen molar-refractivity contribution in [2.24, 2.45) is 0 Å². The van der Waals surface area contributed by atoms with Gasteiger partial charge in [0.2, 0.25) is 0 Å². The summed E-state index contributed by atoms with van der Waals surface area (Å²) in [5.74, 6) is 0.360. The Balaban J connectivity index is 2.18. The third-order valence-corrected chi connectivity index (χ3v) is 2.07. The number of hydrogen-bond donors (Lipinski definition) is 0. The van der Waals surface area contributed by atoms with Crippen LogP contribution >= 0.6 is 0 Å². The summed E-state index contributed by atoms with van der Waals surface area (Å²) in [6.45, 7) is 7.22. The van der Waals surface area contributed by atoms with Crippen LogP contribution in [0.15, 0.2) is 0 Å². The molecule has 1 fully saturated rings. The molecule has 1 aliphatic rings. The van der Waals surface area contributed by atoms with Gasteiger partial charge in [0.15, 0.2) is 0 Å². The van der Waals surface area contributed by atoms with Crippen molar-refractivity contribution in [2.75, 3.05) is 26.2 Å². The van der Waals surface area contributed by atoms with E-state index < -0.39 is 0 Å². The number of carbonyl (C=O) groups excluding carboxylic acids is 1. The SMILES string of the molecule is CCOC(C)CN1CCC(=O)C1. The molecule has 0 aliphatic carbocycles. The highest BCUT2D eigenvalue weighted by atomic mass is 16.5. The van der Waals surface area contributed by atoms with Gasteiger partial charge in [-0.05, 0) is 13.8 Å². The predicted octanol–water partition coefficient (Wildman–Crippen LogP) is 0.686. The van der Waals surface area contributed by atoms with Crippen molar-refractivity contribution < 1.29 is 9.53 Å². The van der Waals surface area contributed by atoms with Gasteiger partial charge in [-0.2, -0.15) is 0 Å². The molecule has 0 spiro atoms. The molecule has 0 amide bonds. The van der Waals surface area contributed by atoms with E-state index in [1.165, 1.54) is 0 Å². The van der Waals surface area contributed by atoms with Gasteiger partial charge in [-0.15, -0.1) is 0 Å². The number of carbonyl (C=O) groups is 1. The lowest BCUT2D eigenvalue weighted by molar-refractivity contribution is -0.117. The fourth-order valence-corrected chi connectivity index (χ4v) is 1.55. The zero-order chi connectivity index (χ0) is 8.97. The van der Waals surface area contributed by atoms with Gasteiger partial charge in [-0.25, -0.2) is 0 Å². The predicted molar refractivity (Wildman–Crippen MR) is 47.2 cm³/mol. The second kappa shape index (κ2) is 4.58. The molecule has 3 heteroatoms. The molecule has 1 atom stereocenters. The Morgan fingerprint density at radius 2 is 2.42 bits per heavy atom. The largest absolute Gasteiger partial charge is 0.377 e. The number of ketones is 1. The first-order valence-corrected chi connectivity index (χ1v) is 4.58. The van der Waals surface area contributed by atoms with Gasteiger partial charge in [-0.3, -0.25) is 9.69 Å². The highest BCUT2D eigenvalue weighted by molar-refractivity contribution is 5.82. The van der Waals surface area contributed by atoms with Crippen LogP contribution < -0.4 is 0 Å². The summed E-state index contributed by atoms with van der Waals surface area (Å²) >= 11 is 0. The Bertz CT molecular complexity index is 159. The number of rotatable bonds is 4. The highest BCUT2D eigenvalue weighted by Gasteiger charge is 2.20. The first-order valence-electron chi connectivity index (χ1n) is 4.58. The molecule has 1 heterocycles. The molecule has 0 aromatic heterocycles. The van der Waals surface area contributed by atoms with Gasteiger partial charge in [0.05, 0.1) is 12.6 Å². The molecule has 0 aromatic carbocycles. The van der Waals surface area contributed by atoms with E-state index in [0.717, 1.165) is 26.1 Å². The number of likely N-dealkylation sites (tertiary alicyclic amines) is 1. The molecule has 3 nitrogen and oxygen atoms in total. The first-order chi connectivity index (χ1) is 5.72. The molecule has 0 bridgehead atoms. The lowest BCUT2D eigenvalue weighted by atomic mass is 10.3.